The van der Waals surface area contributed by atoms with Crippen LogP contribution in [0.25, 0.3) is 0 Å². The summed E-state index contributed by atoms with van der Waals surface area (Å²) in [4.78, 5) is 31.4. The summed E-state index contributed by atoms with van der Waals surface area (Å²) in [5.74, 6) is -0.0142. The Morgan fingerprint density at radius 2 is 1.94 bits per heavy atom. The van der Waals surface area contributed by atoms with E-state index in [2.05, 4.69) is 31.4 Å². The molecule has 2 amide bonds. The molecule has 1 aliphatic rings. The lowest BCUT2D eigenvalue weighted by atomic mass is 9.97. The Morgan fingerprint density at radius 1 is 1.23 bits per heavy atom. The number of rotatable bonds is 2. The van der Waals surface area contributed by atoms with Crippen molar-refractivity contribution < 1.29 is 18.8 Å². The zero-order valence-corrected chi connectivity index (χ0v) is 20.4. The molecular formula is C22H29BrN4O4. The average Bonchev–Trinajstić information content (AvgIpc) is 3.07. The Bertz CT molecular complexity index is 975. The second kappa shape index (κ2) is 8.61. The maximum absolute atomic E-state index is 12.8. The van der Waals surface area contributed by atoms with E-state index < -0.39 is 11.5 Å². The summed E-state index contributed by atoms with van der Waals surface area (Å²) in [6, 6.07) is 5.54. The Labute approximate surface area is 190 Å². The molecule has 0 saturated heterocycles. The highest BCUT2D eigenvalue weighted by molar-refractivity contribution is 9.10. The predicted molar refractivity (Wildman–Crippen MR) is 119 cm³/mol. The van der Waals surface area contributed by atoms with Crippen molar-refractivity contribution >= 4 is 27.9 Å². The molecule has 1 aromatic heterocycles. The number of carbonyl (C=O) groups excluding carboxylic acids is 2. The topological polar surface area (TPSA) is 97.6 Å². The van der Waals surface area contributed by atoms with E-state index in [9.17, 15) is 9.59 Å². The monoisotopic (exact) mass is 492 g/mol. The lowest BCUT2D eigenvalue weighted by Crippen LogP contribution is -2.37. The minimum atomic E-state index is -0.583. The van der Waals surface area contributed by atoms with E-state index >= 15 is 0 Å². The van der Waals surface area contributed by atoms with Crippen LogP contribution in [0.1, 0.15) is 81.6 Å². The molecular weight excluding hydrogens is 464 g/mol. The summed E-state index contributed by atoms with van der Waals surface area (Å²) in [6.07, 6.45) is 0.155. The van der Waals surface area contributed by atoms with Crippen LogP contribution in [0.5, 0.6) is 0 Å². The molecule has 3 rings (SSSR count). The van der Waals surface area contributed by atoms with Gasteiger partial charge in [-0.1, -0.05) is 47.9 Å². The molecule has 168 valence electrons. The molecule has 0 spiro atoms. The molecule has 2 heterocycles. The zero-order chi connectivity index (χ0) is 23.0. The fourth-order valence-electron chi connectivity index (χ4n) is 3.25. The van der Waals surface area contributed by atoms with Crippen LogP contribution in [-0.2, 0) is 16.7 Å². The smallest absolute Gasteiger partial charge is 0.410 e. The molecule has 1 aromatic carbocycles. The largest absolute Gasteiger partial charge is 0.444 e. The number of ether oxygens (including phenoxy) is 1. The van der Waals surface area contributed by atoms with Gasteiger partial charge in [-0.3, -0.25) is 4.79 Å². The van der Waals surface area contributed by atoms with E-state index in [4.69, 9.17) is 9.26 Å². The summed E-state index contributed by atoms with van der Waals surface area (Å²) >= 11 is 3.50. The van der Waals surface area contributed by atoms with Crippen molar-refractivity contribution in [1.29, 1.82) is 0 Å². The van der Waals surface area contributed by atoms with Crippen LogP contribution in [0.2, 0.25) is 0 Å². The van der Waals surface area contributed by atoms with E-state index in [-0.39, 0.29) is 23.4 Å². The second-order valence-corrected chi connectivity index (χ2v) is 10.6. The second-order valence-electron chi connectivity index (χ2n) is 9.73. The van der Waals surface area contributed by atoms with Gasteiger partial charge in [-0.25, -0.2) is 4.79 Å². The van der Waals surface area contributed by atoms with E-state index in [1.165, 1.54) is 0 Å². The Balaban J connectivity index is 1.82. The molecule has 9 heteroatoms. The molecule has 8 nitrogen and oxygen atoms in total. The number of fused-ring (bicyclic) bond motifs is 1. The summed E-state index contributed by atoms with van der Waals surface area (Å²) in [5.41, 5.74) is 0.954. The van der Waals surface area contributed by atoms with Crippen molar-refractivity contribution in [3.8, 4) is 0 Å². The SMILES string of the molecule is CC(C)(C)OC(=O)N1CCC(NC(=O)c2noc(C(C)(C)C)n2)c2ccc(Br)cc2C1. The standard InChI is InChI=1S/C22H29BrN4O4/c1-21(2,3)19-25-17(26-31-19)18(28)24-16-9-10-27(20(29)30-22(4,5)6)12-13-11-14(23)7-8-15(13)16/h7-8,11,16H,9-10,12H2,1-6H3,(H,24,28). The van der Waals surface area contributed by atoms with Gasteiger partial charge in [0, 0.05) is 23.0 Å². The van der Waals surface area contributed by atoms with Crippen molar-refractivity contribution in [2.24, 2.45) is 0 Å². The van der Waals surface area contributed by atoms with Gasteiger partial charge in [0.15, 0.2) is 0 Å². The van der Waals surface area contributed by atoms with Crippen LogP contribution >= 0.6 is 15.9 Å². The van der Waals surface area contributed by atoms with Gasteiger partial charge in [0.2, 0.25) is 5.89 Å². The van der Waals surface area contributed by atoms with Gasteiger partial charge in [0.25, 0.3) is 11.7 Å². The van der Waals surface area contributed by atoms with Crippen molar-refractivity contribution in [3.63, 3.8) is 0 Å². The lowest BCUT2D eigenvalue weighted by molar-refractivity contribution is 0.0234. The van der Waals surface area contributed by atoms with Gasteiger partial charge in [0.1, 0.15) is 5.60 Å². The van der Waals surface area contributed by atoms with Crippen LogP contribution in [0.4, 0.5) is 4.79 Å². The van der Waals surface area contributed by atoms with Gasteiger partial charge in [0.05, 0.1) is 6.04 Å². The highest BCUT2D eigenvalue weighted by atomic mass is 79.9. The maximum Gasteiger partial charge on any atom is 0.410 e. The third-order valence-electron chi connectivity index (χ3n) is 4.76. The average molecular weight is 493 g/mol. The normalized spacial score (nSPS) is 17.0. The van der Waals surface area contributed by atoms with E-state index in [1.807, 2.05) is 59.7 Å². The Hall–Kier alpha value is -2.42. The highest BCUT2D eigenvalue weighted by Gasteiger charge is 2.30. The van der Waals surface area contributed by atoms with Gasteiger partial charge < -0.3 is 19.5 Å². The van der Waals surface area contributed by atoms with Gasteiger partial charge in [-0.2, -0.15) is 4.98 Å². The number of nitrogens with one attached hydrogen (secondary N) is 1. The molecule has 2 aromatic rings. The van der Waals surface area contributed by atoms with Crippen molar-refractivity contribution in [2.75, 3.05) is 6.54 Å². The molecule has 1 N–H and O–H groups in total. The number of benzene rings is 1. The first kappa shape index (κ1) is 23.2. The quantitative estimate of drug-likeness (QED) is 0.649. The summed E-state index contributed by atoms with van der Waals surface area (Å²) in [7, 11) is 0. The molecule has 0 bridgehead atoms. The van der Waals surface area contributed by atoms with Crippen molar-refractivity contribution in [3.05, 3.63) is 45.5 Å². The first-order valence-electron chi connectivity index (χ1n) is 10.2. The van der Waals surface area contributed by atoms with Crippen LogP contribution in [0.15, 0.2) is 27.2 Å². The minimum absolute atomic E-state index is 0.00293. The first-order chi connectivity index (χ1) is 14.3. The van der Waals surface area contributed by atoms with Crippen LogP contribution in [0.3, 0.4) is 0 Å². The minimum Gasteiger partial charge on any atom is -0.444 e. The zero-order valence-electron chi connectivity index (χ0n) is 18.8. The van der Waals surface area contributed by atoms with Gasteiger partial charge in [-0.15, -0.1) is 0 Å². The molecule has 0 aliphatic carbocycles. The number of carbonyl (C=O) groups is 2. The molecule has 1 unspecified atom stereocenters. The number of nitrogens with zero attached hydrogens (tertiary/aromatic N) is 3. The van der Waals surface area contributed by atoms with Gasteiger partial charge >= 0.3 is 6.09 Å². The number of halogens is 1. The Morgan fingerprint density at radius 3 is 2.55 bits per heavy atom. The van der Waals surface area contributed by atoms with E-state index in [1.54, 1.807) is 4.90 Å². The van der Waals surface area contributed by atoms with Crippen molar-refractivity contribution in [2.45, 2.75) is 71.6 Å². The fraction of sp³-hybridized carbons (Fsp3) is 0.545. The van der Waals surface area contributed by atoms with Gasteiger partial charge in [-0.05, 0) is 50.5 Å². The third kappa shape index (κ3) is 5.84. The number of amides is 2. The molecule has 1 atom stereocenters. The molecule has 0 radical (unpaired) electrons. The fourth-order valence-corrected chi connectivity index (χ4v) is 3.66. The first-order valence-corrected chi connectivity index (χ1v) is 11.0. The maximum atomic E-state index is 12.8. The summed E-state index contributed by atoms with van der Waals surface area (Å²) < 4.78 is 11.7. The number of hydrogen-bond acceptors (Lipinski definition) is 6. The Kier molecular flexibility index (Phi) is 6.45. The van der Waals surface area contributed by atoms with Crippen LogP contribution in [-0.4, -0.2) is 39.2 Å². The lowest BCUT2D eigenvalue weighted by Gasteiger charge is -2.26. The van der Waals surface area contributed by atoms with Crippen molar-refractivity contribution in [1.82, 2.24) is 20.4 Å². The molecule has 31 heavy (non-hydrogen) atoms. The number of hydrogen-bond donors (Lipinski definition) is 1. The predicted octanol–water partition coefficient (Wildman–Crippen LogP) is 4.74. The summed E-state index contributed by atoms with van der Waals surface area (Å²) in [5, 5.41) is 6.84. The molecule has 0 saturated carbocycles. The highest BCUT2D eigenvalue weighted by Crippen LogP contribution is 2.30. The molecule has 0 fully saturated rings. The molecule has 1 aliphatic heterocycles. The third-order valence-corrected chi connectivity index (χ3v) is 5.25. The number of aromatic nitrogens is 2. The van der Waals surface area contributed by atoms with E-state index in [0.717, 1.165) is 15.6 Å². The van der Waals surface area contributed by atoms with Crippen LogP contribution < -0.4 is 5.32 Å². The van der Waals surface area contributed by atoms with Crippen LogP contribution in [0, 0.1) is 0 Å². The summed E-state index contributed by atoms with van der Waals surface area (Å²) in [6.45, 7) is 12.2. The van der Waals surface area contributed by atoms with E-state index in [0.29, 0.717) is 25.4 Å².